The van der Waals surface area contributed by atoms with Gasteiger partial charge in [0.2, 0.25) is 0 Å². The zero-order valence-electron chi connectivity index (χ0n) is 11.3. The first-order chi connectivity index (χ1) is 9.28. The Hall–Kier alpha value is -1.79. The molecule has 1 aromatic carbocycles. The average Bonchev–Trinajstić information content (AvgIpc) is 3.03. The number of fused-ring (bicyclic) bond motifs is 1. The molecule has 1 aliphatic carbocycles. The smallest absolute Gasteiger partial charge is 0.0628 e. The Balaban J connectivity index is 1.93. The number of nitriles is 1. The highest BCUT2D eigenvalue weighted by Gasteiger charge is 2.42. The summed E-state index contributed by atoms with van der Waals surface area (Å²) in [5.74, 6) is 0. The van der Waals surface area contributed by atoms with Crippen molar-refractivity contribution in [1.29, 1.82) is 5.26 Å². The molecular formula is C16H19N3. The van der Waals surface area contributed by atoms with Crippen LogP contribution in [0.4, 0.5) is 0 Å². The van der Waals surface area contributed by atoms with Gasteiger partial charge in [0.1, 0.15) is 0 Å². The summed E-state index contributed by atoms with van der Waals surface area (Å²) in [7, 11) is 1.97. The summed E-state index contributed by atoms with van der Waals surface area (Å²) in [6.07, 6.45) is 5.23. The van der Waals surface area contributed by atoms with Crippen LogP contribution in [0.25, 0.3) is 10.9 Å². The number of nitrogens with zero attached hydrogens (tertiary/aromatic N) is 2. The third-order valence-electron chi connectivity index (χ3n) is 4.19. The first-order valence-electron chi connectivity index (χ1n) is 6.86. The van der Waals surface area contributed by atoms with Gasteiger partial charge in [-0.25, -0.2) is 0 Å². The first kappa shape index (κ1) is 12.3. The molecule has 2 aromatic rings. The van der Waals surface area contributed by atoms with E-state index in [0.29, 0.717) is 6.42 Å². The summed E-state index contributed by atoms with van der Waals surface area (Å²) >= 11 is 0. The van der Waals surface area contributed by atoms with E-state index in [1.807, 2.05) is 7.05 Å². The number of aromatic nitrogens is 1. The first-order valence-corrected chi connectivity index (χ1v) is 6.86. The summed E-state index contributed by atoms with van der Waals surface area (Å²) in [5, 5.41) is 13.5. The minimum atomic E-state index is 0.250. The summed E-state index contributed by atoms with van der Waals surface area (Å²) in [6.45, 7) is 1.87. The zero-order valence-corrected chi connectivity index (χ0v) is 11.3. The molecule has 1 heterocycles. The van der Waals surface area contributed by atoms with Crippen LogP contribution in [0, 0.1) is 16.7 Å². The molecular weight excluding hydrogens is 234 g/mol. The third kappa shape index (κ3) is 2.24. The molecule has 3 rings (SSSR count). The molecule has 1 fully saturated rings. The van der Waals surface area contributed by atoms with Gasteiger partial charge in [0.15, 0.2) is 0 Å². The summed E-state index contributed by atoms with van der Waals surface area (Å²) in [4.78, 5) is 0. The van der Waals surface area contributed by atoms with E-state index in [1.165, 1.54) is 29.3 Å². The van der Waals surface area contributed by atoms with E-state index in [1.54, 1.807) is 0 Å². The molecule has 3 heteroatoms. The molecule has 98 valence electrons. The number of nitrogens with one attached hydrogen (secondary N) is 1. The van der Waals surface area contributed by atoms with Gasteiger partial charge >= 0.3 is 0 Å². The van der Waals surface area contributed by atoms with Crippen molar-refractivity contribution >= 4 is 10.9 Å². The molecule has 0 amide bonds. The Bertz CT molecular complexity index is 629. The Kier molecular flexibility index (Phi) is 3.04. The standard InChI is InChI=1S/C16H19N3/c1-18-11-13-3-2-4-15-14(13)5-10-19(15)12-16(6-7-16)8-9-17/h2-5,10,18H,6-8,11-12H2,1H3. The maximum atomic E-state index is 8.93. The third-order valence-corrected chi connectivity index (χ3v) is 4.19. The van der Waals surface area contributed by atoms with Crippen LogP contribution >= 0.6 is 0 Å². The molecule has 0 bridgehead atoms. The molecule has 0 spiro atoms. The van der Waals surface area contributed by atoms with E-state index in [-0.39, 0.29) is 5.41 Å². The van der Waals surface area contributed by atoms with E-state index < -0.39 is 0 Å². The maximum absolute atomic E-state index is 8.93. The highest BCUT2D eigenvalue weighted by Crippen LogP contribution is 2.50. The van der Waals surface area contributed by atoms with Crippen LogP contribution in [0.3, 0.4) is 0 Å². The van der Waals surface area contributed by atoms with Crippen molar-refractivity contribution in [2.45, 2.75) is 32.4 Å². The Morgan fingerprint density at radius 2 is 2.21 bits per heavy atom. The van der Waals surface area contributed by atoms with E-state index in [9.17, 15) is 0 Å². The van der Waals surface area contributed by atoms with Crippen molar-refractivity contribution in [2.75, 3.05) is 7.05 Å². The van der Waals surface area contributed by atoms with Gasteiger partial charge in [-0.15, -0.1) is 0 Å². The fraction of sp³-hybridized carbons (Fsp3) is 0.438. The summed E-state index contributed by atoms with van der Waals surface area (Å²) in [6, 6.07) is 11.0. The topological polar surface area (TPSA) is 40.8 Å². The average molecular weight is 253 g/mol. The van der Waals surface area contributed by atoms with Gasteiger partial charge in [-0.3, -0.25) is 0 Å². The Morgan fingerprint density at radius 1 is 1.37 bits per heavy atom. The van der Waals surface area contributed by atoms with E-state index in [2.05, 4.69) is 46.4 Å². The lowest BCUT2D eigenvalue weighted by Crippen LogP contribution is -2.10. The second-order valence-electron chi connectivity index (χ2n) is 5.66. The molecule has 1 aromatic heterocycles. The zero-order chi connectivity index (χ0) is 13.3. The predicted octanol–water partition coefficient (Wildman–Crippen LogP) is 3.05. The van der Waals surface area contributed by atoms with Gasteiger partial charge in [-0.1, -0.05) is 12.1 Å². The Morgan fingerprint density at radius 3 is 2.89 bits per heavy atom. The van der Waals surface area contributed by atoms with Gasteiger partial charge in [-0.05, 0) is 37.6 Å². The van der Waals surface area contributed by atoms with Crippen LogP contribution in [-0.4, -0.2) is 11.6 Å². The van der Waals surface area contributed by atoms with Gasteiger partial charge < -0.3 is 9.88 Å². The SMILES string of the molecule is CNCc1cccc2c1ccn2CC1(CC#N)CC1. The van der Waals surface area contributed by atoms with Crippen LogP contribution in [0.1, 0.15) is 24.8 Å². The van der Waals surface area contributed by atoms with Crippen LogP contribution in [-0.2, 0) is 13.1 Å². The fourth-order valence-electron chi connectivity index (χ4n) is 2.87. The lowest BCUT2D eigenvalue weighted by Gasteiger charge is -2.13. The molecule has 1 aliphatic rings. The number of rotatable bonds is 5. The van der Waals surface area contributed by atoms with Gasteiger partial charge in [0.05, 0.1) is 6.07 Å². The second-order valence-corrected chi connectivity index (χ2v) is 5.66. The molecule has 19 heavy (non-hydrogen) atoms. The Labute approximate surface area is 113 Å². The highest BCUT2D eigenvalue weighted by atomic mass is 15.0. The summed E-state index contributed by atoms with van der Waals surface area (Å²) in [5.41, 5.74) is 2.88. The molecule has 1 N–H and O–H groups in total. The maximum Gasteiger partial charge on any atom is 0.0628 e. The van der Waals surface area contributed by atoms with E-state index >= 15 is 0 Å². The number of hydrogen-bond acceptors (Lipinski definition) is 2. The van der Waals surface area contributed by atoms with Crippen LogP contribution in [0.15, 0.2) is 30.5 Å². The van der Waals surface area contributed by atoms with Gasteiger partial charge in [0.25, 0.3) is 0 Å². The van der Waals surface area contributed by atoms with Gasteiger partial charge in [-0.2, -0.15) is 5.26 Å². The van der Waals surface area contributed by atoms with Crippen LogP contribution in [0.2, 0.25) is 0 Å². The number of benzene rings is 1. The molecule has 3 nitrogen and oxygen atoms in total. The molecule has 0 saturated heterocycles. The van der Waals surface area contributed by atoms with Crippen molar-refractivity contribution in [2.24, 2.45) is 5.41 Å². The van der Waals surface area contributed by atoms with Gasteiger partial charge in [0, 0.05) is 42.0 Å². The normalized spacial score (nSPS) is 16.4. The van der Waals surface area contributed by atoms with Crippen molar-refractivity contribution < 1.29 is 0 Å². The van der Waals surface area contributed by atoms with Crippen LogP contribution < -0.4 is 5.32 Å². The molecule has 1 saturated carbocycles. The summed E-state index contributed by atoms with van der Waals surface area (Å²) < 4.78 is 2.32. The lowest BCUT2D eigenvalue weighted by molar-refractivity contribution is 0.440. The van der Waals surface area contributed by atoms with E-state index in [0.717, 1.165) is 13.1 Å². The lowest BCUT2D eigenvalue weighted by atomic mass is 10.0. The van der Waals surface area contributed by atoms with Crippen molar-refractivity contribution in [3.05, 3.63) is 36.0 Å². The molecule has 0 atom stereocenters. The molecule has 0 aliphatic heterocycles. The minimum absolute atomic E-state index is 0.250. The molecule has 0 radical (unpaired) electrons. The molecule has 0 unspecified atom stereocenters. The highest BCUT2D eigenvalue weighted by molar-refractivity contribution is 5.83. The van der Waals surface area contributed by atoms with Crippen molar-refractivity contribution in [3.8, 4) is 6.07 Å². The number of hydrogen-bond donors (Lipinski definition) is 1. The predicted molar refractivity (Wildman–Crippen MR) is 76.6 cm³/mol. The minimum Gasteiger partial charge on any atom is -0.347 e. The van der Waals surface area contributed by atoms with Crippen LogP contribution in [0.5, 0.6) is 0 Å². The monoisotopic (exact) mass is 253 g/mol. The quantitative estimate of drug-likeness (QED) is 0.889. The van der Waals surface area contributed by atoms with Crippen molar-refractivity contribution in [3.63, 3.8) is 0 Å². The van der Waals surface area contributed by atoms with Crippen molar-refractivity contribution in [1.82, 2.24) is 9.88 Å². The van der Waals surface area contributed by atoms with E-state index in [4.69, 9.17) is 5.26 Å². The fourth-order valence-corrected chi connectivity index (χ4v) is 2.87. The second kappa shape index (κ2) is 4.71. The largest absolute Gasteiger partial charge is 0.347 e.